The Balaban J connectivity index is 1.50. The second-order valence-electron chi connectivity index (χ2n) is 7.25. The predicted octanol–water partition coefficient (Wildman–Crippen LogP) is 3.92. The molecule has 1 aromatic heterocycles. The number of nitrogens with one attached hydrogen (secondary N) is 2. The number of carbonyl (C=O) groups is 3. The van der Waals surface area contributed by atoms with E-state index in [1.165, 1.54) is 31.2 Å². The van der Waals surface area contributed by atoms with Crippen molar-refractivity contribution in [3.8, 4) is 0 Å². The topological polar surface area (TPSA) is 97.6 Å². The zero-order valence-corrected chi connectivity index (χ0v) is 16.5. The number of anilines is 1. The summed E-state index contributed by atoms with van der Waals surface area (Å²) in [5.41, 5.74) is 0.817. The fourth-order valence-electron chi connectivity index (χ4n) is 3.31. The van der Waals surface area contributed by atoms with E-state index in [0.29, 0.717) is 11.3 Å². The van der Waals surface area contributed by atoms with Gasteiger partial charge in [-0.3, -0.25) is 9.59 Å². The molecule has 0 radical (unpaired) electrons. The van der Waals surface area contributed by atoms with Gasteiger partial charge in [-0.2, -0.15) is 0 Å². The van der Waals surface area contributed by atoms with Crippen molar-refractivity contribution in [1.82, 2.24) is 5.32 Å². The maximum Gasteiger partial charge on any atom is 0.338 e. The zero-order chi connectivity index (χ0) is 20.6. The van der Waals surface area contributed by atoms with E-state index in [1.54, 1.807) is 31.2 Å². The maximum atomic E-state index is 12.3. The standard InChI is InChI=1S/C22H26N2O5/c1-15(20(25)23-17-7-4-2-3-5-8-17)29-22(27)16-10-12-18(13-11-16)24-21(26)19-9-6-14-28-19/h6,9-15,17H,2-5,7-8H2,1H3,(H,23,25)(H,24,26)/t15-/m1/s1. The quantitative estimate of drug-likeness (QED) is 0.568. The smallest absolute Gasteiger partial charge is 0.338 e. The van der Waals surface area contributed by atoms with Crippen LogP contribution in [0.3, 0.4) is 0 Å². The first-order valence-corrected chi connectivity index (χ1v) is 9.99. The summed E-state index contributed by atoms with van der Waals surface area (Å²) in [5, 5.41) is 5.66. The van der Waals surface area contributed by atoms with Crippen LogP contribution in [0.15, 0.2) is 47.1 Å². The highest BCUT2D eigenvalue weighted by molar-refractivity contribution is 6.02. The Bertz CT molecular complexity index is 821. The highest BCUT2D eigenvalue weighted by Crippen LogP contribution is 2.18. The molecule has 29 heavy (non-hydrogen) atoms. The first-order valence-electron chi connectivity index (χ1n) is 9.99. The van der Waals surface area contributed by atoms with Crippen molar-refractivity contribution < 1.29 is 23.5 Å². The van der Waals surface area contributed by atoms with E-state index in [1.807, 2.05) is 0 Å². The van der Waals surface area contributed by atoms with Gasteiger partial charge in [0.05, 0.1) is 11.8 Å². The Morgan fingerprint density at radius 1 is 1.03 bits per heavy atom. The third-order valence-corrected chi connectivity index (χ3v) is 4.98. The van der Waals surface area contributed by atoms with E-state index < -0.39 is 12.1 Å². The number of hydrogen-bond donors (Lipinski definition) is 2. The molecular weight excluding hydrogens is 372 g/mol. The molecule has 7 nitrogen and oxygen atoms in total. The number of hydrogen-bond acceptors (Lipinski definition) is 5. The molecule has 1 heterocycles. The molecular formula is C22H26N2O5. The summed E-state index contributed by atoms with van der Waals surface area (Å²) in [6.45, 7) is 1.57. The van der Waals surface area contributed by atoms with Crippen molar-refractivity contribution in [2.75, 3.05) is 5.32 Å². The molecule has 3 rings (SSSR count). The van der Waals surface area contributed by atoms with E-state index in [-0.39, 0.29) is 23.6 Å². The molecule has 0 spiro atoms. The summed E-state index contributed by atoms with van der Waals surface area (Å²) < 4.78 is 10.3. The number of furan rings is 1. The van der Waals surface area contributed by atoms with Crippen LogP contribution in [0.4, 0.5) is 5.69 Å². The molecule has 2 aromatic rings. The molecule has 2 amide bonds. The summed E-state index contributed by atoms with van der Waals surface area (Å²) in [6, 6.07) is 9.60. The SMILES string of the molecule is C[C@@H](OC(=O)c1ccc(NC(=O)c2ccco2)cc1)C(=O)NC1CCCCCC1. The lowest BCUT2D eigenvalue weighted by Crippen LogP contribution is -2.41. The molecule has 154 valence electrons. The summed E-state index contributed by atoms with van der Waals surface area (Å²) in [7, 11) is 0. The summed E-state index contributed by atoms with van der Waals surface area (Å²) in [5.74, 6) is -1.04. The Kier molecular flexibility index (Phi) is 7.05. The third-order valence-electron chi connectivity index (χ3n) is 4.98. The number of rotatable bonds is 6. The van der Waals surface area contributed by atoms with Crippen LogP contribution >= 0.6 is 0 Å². The molecule has 2 N–H and O–H groups in total. The Labute approximate surface area is 169 Å². The van der Waals surface area contributed by atoms with Crippen LogP contribution in [0.25, 0.3) is 0 Å². The van der Waals surface area contributed by atoms with Gasteiger partial charge in [0.25, 0.3) is 11.8 Å². The van der Waals surface area contributed by atoms with Crippen LogP contribution in [-0.4, -0.2) is 29.9 Å². The molecule has 0 unspecified atom stereocenters. The van der Waals surface area contributed by atoms with E-state index in [4.69, 9.17) is 9.15 Å². The lowest BCUT2D eigenvalue weighted by atomic mass is 10.1. The lowest BCUT2D eigenvalue weighted by Gasteiger charge is -2.19. The van der Waals surface area contributed by atoms with Crippen molar-refractivity contribution >= 4 is 23.5 Å². The van der Waals surface area contributed by atoms with E-state index in [9.17, 15) is 14.4 Å². The molecule has 1 fully saturated rings. The first-order chi connectivity index (χ1) is 14.0. The fourth-order valence-corrected chi connectivity index (χ4v) is 3.31. The molecule has 1 atom stereocenters. The van der Waals surface area contributed by atoms with Crippen molar-refractivity contribution in [3.05, 3.63) is 54.0 Å². The second kappa shape index (κ2) is 9.91. The minimum absolute atomic E-state index is 0.156. The van der Waals surface area contributed by atoms with Gasteiger partial charge >= 0.3 is 5.97 Å². The van der Waals surface area contributed by atoms with Gasteiger partial charge in [-0.05, 0) is 56.2 Å². The Hall–Kier alpha value is -3.09. The molecule has 1 aromatic carbocycles. The normalized spacial score (nSPS) is 15.8. The van der Waals surface area contributed by atoms with Gasteiger partial charge in [0.15, 0.2) is 11.9 Å². The Morgan fingerprint density at radius 2 is 1.72 bits per heavy atom. The van der Waals surface area contributed by atoms with Gasteiger partial charge in [0, 0.05) is 11.7 Å². The molecule has 0 bridgehead atoms. The minimum Gasteiger partial charge on any atom is -0.459 e. The molecule has 1 saturated carbocycles. The maximum absolute atomic E-state index is 12.3. The number of benzene rings is 1. The van der Waals surface area contributed by atoms with Gasteiger partial charge in [0.2, 0.25) is 0 Å². The average Bonchev–Trinajstić information content (AvgIpc) is 3.14. The minimum atomic E-state index is -0.871. The Morgan fingerprint density at radius 3 is 2.34 bits per heavy atom. The van der Waals surface area contributed by atoms with Crippen LogP contribution in [-0.2, 0) is 9.53 Å². The monoisotopic (exact) mass is 398 g/mol. The number of carbonyl (C=O) groups excluding carboxylic acids is 3. The fraction of sp³-hybridized carbons (Fsp3) is 0.409. The molecule has 0 saturated heterocycles. The highest BCUT2D eigenvalue weighted by atomic mass is 16.5. The van der Waals surface area contributed by atoms with Crippen molar-refractivity contribution in [1.29, 1.82) is 0 Å². The van der Waals surface area contributed by atoms with Gasteiger partial charge in [0.1, 0.15) is 0 Å². The van der Waals surface area contributed by atoms with Gasteiger partial charge < -0.3 is 19.8 Å². The largest absolute Gasteiger partial charge is 0.459 e. The van der Waals surface area contributed by atoms with Gasteiger partial charge in [-0.25, -0.2) is 4.79 Å². The van der Waals surface area contributed by atoms with Crippen molar-refractivity contribution in [3.63, 3.8) is 0 Å². The van der Waals surface area contributed by atoms with Crippen LogP contribution < -0.4 is 10.6 Å². The van der Waals surface area contributed by atoms with Gasteiger partial charge in [-0.15, -0.1) is 0 Å². The average molecular weight is 398 g/mol. The number of amides is 2. The summed E-state index contributed by atoms with van der Waals surface area (Å²) in [4.78, 5) is 36.6. The molecule has 1 aliphatic carbocycles. The molecule has 7 heteroatoms. The summed E-state index contributed by atoms with van der Waals surface area (Å²) in [6.07, 6.45) is 7.12. The first kappa shape index (κ1) is 20.6. The predicted molar refractivity (Wildman–Crippen MR) is 108 cm³/mol. The van der Waals surface area contributed by atoms with E-state index in [2.05, 4.69) is 10.6 Å². The number of ether oxygens (including phenoxy) is 1. The molecule has 1 aliphatic rings. The van der Waals surface area contributed by atoms with Crippen molar-refractivity contribution in [2.45, 2.75) is 57.6 Å². The second-order valence-corrected chi connectivity index (χ2v) is 7.25. The van der Waals surface area contributed by atoms with E-state index in [0.717, 1.165) is 25.7 Å². The number of esters is 1. The van der Waals surface area contributed by atoms with E-state index >= 15 is 0 Å². The summed E-state index contributed by atoms with van der Waals surface area (Å²) >= 11 is 0. The zero-order valence-electron chi connectivity index (χ0n) is 16.5. The third kappa shape index (κ3) is 5.94. The lowest BCUT2D eigenvalue weighted by molar-refractivity contribution is -0.129. The highest BCUT2D eigenvalue weighted by Gasteiger charge is 2.22. The van der Waals surface area contributed by atoms with Crippen LogP contribution in [0, 0.1) is 0 Å². The molecule has 0 aliphatic heterocycles. The van der Waals surface area contributed by atoms with Crippen LogP contribution in [0.1, 0.15) is 66.4 Å². The van der Waals surface area contributed by atoms with Gasteiger partial charge in [-0.1, -0.05) is 25.7 Å². The van der Waals surface area contributed by atoms with Crippen molar-refractivity contribution in [2.24, 2.45) is 0 Å². The van der Waals surface area contributed by atoms with Crippen LogP contribution in [0.5, 0.6) is 0 Å². The van der Waals surface area contributed by atoms with Crippen LogP contribution in [0.2, 0.25) is 0 Å².